The SMILES string of the molecule is COc1ccc(/C=C/[S+](C)C)cc1. The molecule has 1 aromatic carbocycles. The van der Waals surface area contributed by atoms with Crippen LogP contribution in [0.1, 0.15) is 5.56 Å². The number of rotatable bonds is 3. The first-order valence-electron chi connectivity index (χ1n) is 4.11. The summed E-state index contributed by atoms with van der Waals surface area (Å²) in [5, 5.41) is 2.21. The van der Waals surface area contributed by atoms with E-state index in [0.717, 1.165) is 5.75 Å². The number of hydrogen-bond donors (Lipinski definition) is 0. The van der Waals surface area contributed by atoms with Crippen molar-refractivity contribution in [1.82, 2.24) is 0 Å². The quantitative estimate of drug-likeness (QED) is 0.673. The maximum atomic E-state index is 5.07. The van der Waals surface area contributed by atoms with E-state index in [-0.39, 0.29) is 0 Å². The molecule has 0 fully saturated rings. The van der Waals surface area contributed by atoms with Crippen molar-refractivity contribution in [3.05, 3.63) is 35.2 Å². The van der Waals surface area contributed by atoms with Gasteiger partial charge in [0.05, 0.1) is 7.11 Å². The molecule has 0 aliphatic rings. The van der Waals surface area contributed by atoms with Crippen LogP contribution >= 0.6 is 0 Å². The van der Waals surface area contributed by atoms with Gasteiger partial charge in [-0.1, -0.05) is 12.1 Å². The van der Waals surface area contributed by atoms with Gasteiger partial charge in [0.2, 0.25) is 0 Å². The second-order valence-corrected chi connectivity index (χ2v) is 4.99. The Bertz CT molecular complexity index is 275. The summed E-state index contributed by atoms with van der Waals surface area (Å²) in [5.74, 6) is 0.907. The predicted octanol–water partition coefficient (Wildman–Crippen LogP) is 2.54. The number of ether oxygens (including phenoxy) is 1. The molecule has 0 aromatic heterocycles. The smallest absolute Gasteiger partial charge is 0.119 e. The third-order valence-electron chi connectivity index (χ3n) is 1.65. The normalized spacial score (nSPS) is 11.1. The van der Waals surface area contributed by atoms with Crippen LogP contribution < -0.4 is 4.74 Å². The van der Waals surface area contributed by atoms with Gasteiger partial charge in [0, 0.05) is 10.9 Å². The largest absolute Gasteiger partial charge is 0.497 e. The van der Waals surface area contributed by atoms with E-state index < -0.39 is 0 Å². The van der Waals surface area contributed by atoms with E-state index in [4.69, 9.17) is 4.74 Å². The average molecular weight is 195 g/mol. The van der Waals surface area contributed by atoms with Crippen LogP contribution in [0.4, 0.5) is 0 Å². The van der Waals surface area contributed by atoms with E-state index in [1.165, 1.54) is 5.56 Å². The van der Waals surface area contributed by atoms with E-state index in [0.29, 0.717) is 10.9 Å². The molecule has 0 unspecified atom stereocenters. The van der Waals surface area contributed by atoms with Crippen LogP contribution in [0.25, 0.3) is 6.08 Å². The molecule has 0 saturated heterocycles. The highest BCUT2D eigenvalue weighted by atomic mass is 32.2. The minimum atomic E-state index is 0.365. The molecule has 0 spiro atoms. The maximum absolute atomic E-state index is 5.07. The lowest BCUT2D eigenvalue weighted by Gasteiger charge is -1.98. The van der Waals surface area contributed by atoms with Gasteiger partial charge in [-0.3, -0.25) is 0 Å². The molecule has 0 saturated carbocycles. The number of benzene rings is 1. The second-order valence-electron chi connectivity index (χ2n) is 2.96. The van der Waals surface area contributed by atoms with Gasteiger partial charge in [-0.2, -0.15) is 0 Å². The van der Waals surface area contributed by atoms with Crippen LogP contribution in [0.15, 0.2) is 29.7 Å². The Hall–Kier alpha value is -0.890. The van der Waals surface area contributed by atoms with Crippen molar-refractivity contribution in [1.29, 1.82) is 0 Å². The highest BCUT2D eigenvalue weighted by Crippen LogP contribution is 2.12. The molecule has 0 aliphatic heterocycles. The lowest BCUT2D eigenvalue weighted by Crippen LogP contribution is -1.86. The van der Waals surface area contributed by atoms with Crippen molar-refractivity contribution in [2.75, 3.05) is 19.6 Å². The van der Waals surface area contributed by atoms with E-state index in [2.05, 4.69) is 36.1 Å². The summed E-state index contributed by atoms with van der Waals surface area (Å²) >= 11 is 0. The Kier molecular flexibility index (Phi) is 3.90. The molecule has 0 N–H and O–H groups in total. The predicted molar refractivity (Wildman–Crippen MR) is 61.2 cm³/mol. The van der Waals surface area contributed by atoms with E-state index in [9.17, 15) is 0 Å². The number of hydrogen-bond acceptors (Lipinski definition) is 1. The summed E-state index contributed by atoms with van der Waals surface area (Å²) in [4.78, 5) is 0. The van der Waals surface area contributed by atoms with Gasteiger partial charge in [-0.05, 0) is 23.8 Å². The van der Waals surface area contributed by atoms with Gasteiger partial charge in [0.1, 0.15) is 23.7 Å². The van der Waals surface area contributed by atoms with Crippen LogP contribution in [0.3, 0.4) is 0 Å². The Morgan fingerprint density at radius 2 is 1.77 bits per heavy atom. The van der Waals surface area contributed by atoms with E-state index >= 15 is 0 Å². The van der Waals surface area contributed by atoms with Gasteiger partial charge in [0.25, 0.3) is 0 Å². The van der Waals surface area contributed by atoms with Crippen molar-refractivity contribution in [2.24, 2.45) is 0 Å². The fraction of sp³-hybridized carbons (Fsp3) is 0.273. The highest BCUT2D eigenvalue weighted by molar-refractivity contribution is 7.98. The molecule has 1 rings (SSSR count). The maximum Gasteiger partial charge on any atom is 0.119 e. The average Bonchev–Trinajstić information content (AvgIpc) is 2.15. The first kappa shape index (κ1) is 10.2. The zero-order valence-corrected chi connectivity index (χ0v) is 9.10. The van der Waals surface area contributed by atoms with Gasteiger partial charge in [-0.25, -0.2) is 0 Å². The molecule has 0 bridgehead atoms. The molecule has 1 nitrogen and oxygen atoms in total. The zero-order chi connectivity index (χ0) is 9.68. The minimum absolute atomic E-state index is 0.365. The van der Waals surface area contributed by atoms with Crippen molar-refractivity contribution in [3.8, 4) is 5.75 Å². The Balaban J connectivity index is 2.69. The van der Waals surface area contributed by atoms with E-state index in [1.807, 2.05) is 12.1 Å². The minimum Gasteiger partial charge on any atom is -0.497 e. The summed E-state index contributed by atoms with van der Waals surface area (Å²) in [6, 6.07) is 8.07. The molecule has 2 heteroatoms. The first-order valence-corrected chi connectivity index (χ1v) is 6.21. The van der Waals surface area contributed by atoms with Gasteiger partial charge in [-0.15, -0.1) is 0 Å². The molecule has 0 atom stereocenters. The van der Waals surface area contributed by atoms with Crippen LogP contribution in [0, 0.1) is 0 Å². The second kappa shape index (κ2) is 4.97. The van der Waals surface area contributed by atoms with Gasteiger partial charge in [0.15, 0.2) is 0 Å². The Morgan fingerprint density at radius 1 is 1.15 bits per heavy atom. The van der Waals surface area contributed by atoms with Crippen molar-refractivity contribution < 1.29 is 4.74 Å². The fourth-order valence-corrected chi connectivity index (χ4v) is 1.36. The Morgan fingerprint density at radius 3 is 2.23 bits per heavy atom. The van der Waals surface area contributed by atoms with E-state index in [1.54, 1.807) is 7.11 Å². The third-order valence-corrected chi connectivity index (χ3v) is 2.33. The van der Waals surface area contributed by atoms with Crippen molar-refractivity contribution in [3.63, 3.8) is 0 Å². The molecule has 1 aromatic rings. The van der Waals surface area contributed by atoms with Crippen LogP contribution in [-0.4, -0.2) is 19.6 Å². The first-order chi connectivity index (χ1) is 6.22. The lowest BCUT2D eigenvalue weighted by atomic mass is 10.2. The Labute approximate surface area is 82.8 Å². The lowest BCUT2D eigenvalue weighted by molar-refractivity contribution is 0.415. The fourth-order valence-electron chi connectivity index (χ4n) is 0.930. The molecular weight excluding hydrogens is 180 g/mol. The molecular formula is C11H15OS+. The van der Waals surface area contributed by atoms with Gasteiger partial charge >= 0.3 is 0 Å². The zero-order valence-electron chi connectivity index (χ0n) is 8.28. The van der Waals surface area contributed by atoms with Crippen LogP contribution in [0.2, 0.25) is 0 Å². The molecule has 0 heterocycles. The van der Waals surface area contributed by atoms with Crippen LogP contribution in [0.5, 0.6) is 5.75 Å². The van der Waals surface area contributed by atoms with Gasteiger partial charge < -0.3 is 4.74 Å². The molecule has 0 amide bonds. The van der Waals surface area contributed by atoms with Crippen LogP contribution in [-0.2, 0) is 10.9 Å². The summed E-state index contributed by atoms with van der Waals surface area (Å²) in [6.45, 7) is 0. The number of methoxy groups -OCH3 is 1. The topological polar surface area (TPSA) is 9.23 Å². The van der Waals surface area contributed by atoms with Crippen molar-refractivity contribution in [2.45, 2.75) is 0 Å². The highest BCUT2D eigenvalue weighted by Gasteiger charge is 1.94. The summed E-state index contributed by atoms with van der Waals surface area (Å²) < 4.78 is 5.07. The monoisotopic (exact) mass is 195 g/mol. The molecule has 70 valence electrons. The summed E-state index contributed by atoms with van der Waals surface area (Å²) in [7, 11) is 2.05. The summed E-state index contributed by atoms with van der Waals surface area (Å²) in [6.07, 6.45) is 6.53. The standard InChI is InChI=1S/C11H15OS/c1-12-11-6-4-10(5-7-11)8-9-13(2)3/h4-9H,1-3H3/q+1/b9-8+. The molecule has 13 heavy (non-hydrogen) atoms. The van der Waals surface area contributed by atoms with Crippen molar-refractivity contribution >= 4 is 17.0 Å². The molecule has 0 radical (unpaired) electrons. The summed E-state index contributed by atoms with van der Waals surface area (Å²) in [5.41, 5.74) is 1.22. The third kappa shape index (κ3) is 3.55. The molecule has 0 aliphatic carbocycles.